The Morgan fingerprint density at radius 1 is 1.00 bits per heavy atom. The molecule has 1 saturated carbocycles. The molecule has 1 saturated heterocycles. The minimum atomic E-state index is -1.17. The van der Waals surface area contributed by atoms with E-state index in [0.29, 0.717) is 59.2 Å². The summed E-state index contributed by atoms with van der Waals surface area (Å²) in [5, 5.41) is 5.59. The van der Waals surface area contributed by atoms with Crippen molar-refractivity contribution in [3.63, 3.8) is 0 Å². The summed E-state index contributed by atoms with van der Waals surface area (Å²) in [5.41, 5.74) is 1.45. The van der Waals surface area contributed by atoms with Crippen molar-refractivity contribution in [2.24, 2.45) is 5.41 Å². The molecule has 2 N–H and O–H groups in total. The molecule has 1 aliphatic heterocycles. The lowest BCUT2D eigenvalue weighted by Crippen LogP contribution is -2.37. The minimum Gasteiger partial charge on any atom is -0.488 e. The number of aromatic nitrogens is 3. The molecule has 2 amide bonds. The fraction of sp³-hybridized carbons (Fsp3) is 0.364. The first-order chi connectivity index (χ1) is 22.3. The highest BCUT2D eigenvalue weighted by molar-refractivity contribution is 6.17. The fourth-order valence-electron chi connectivity index (χ4n) is 5.21. The molecule has 2 aliphatic rings. The van der Waals surface area contributed by atoms with Gasteiger partial charge in [-0.2, -0.15) is 4.98 Å². The molecule has 0 unspecified atom stereocenters. The Morgan fingerprint density at radius 3 is 2.48 bits per heavy atom. The number of hydrogen-bond acceptors (Lipinski definition) is 10. The van der Waals surface area contributed by atoms with Gasteiger partial charge < -0.3 is 29.6 Å². The van der Waals surface area contributed by atoms with Crippen molar-refractivity contribution in [3.8, 4) is 23.3 Å². The molecule has 2 aromatic carbocycles. The van der Waals surface area contributed by atoms with Gasteiger partial charge in [0, 0.05) is 37.1 Å². The van der Waals surface area contributed by atoms with Crippen molar-refractivity contribution >= 4 is 34.2 Å². The van der Waals surface area contributed by atoms with Crippen LogP contribution in [0.4, 0.5) is 15.8 Å². The first-order valence-electron chi connectivity index (χ1n) is 15.1. The average Bonchev–Trinajstić information content (AvgIpc) is 3.88. The highest BCUT2D eigenvalue weighted by Crippen LogP contribution is 2.48. The lowest BCUT2D eigenvalue weighted by Gasteiger charge is -2.26. The molecule has 3 heterocycles. The number of benzene rings is 2. The zero-order valence-corrected chi connectivity index (χ0v) is 25.7. The third kappa shape index (κ3) is 7.00. The van der Waals surface area contributed by atoms with Crippen molar-refractivity contribution in [3.05, 3.63) is 66.2 Å². The number of methoxy groups -OCH3 is 1. The van der Waals surface area contributed by atoms with Crippen LogP contribution in [0.3, 0.4) is 0 Å². The summed E-state index contributed by atoms with van der Waals surface area (Å²) >= 11 is 0. The molecule has 46 heavy (non-hydrogen) atoms. The van der Waals surface area contributed by atoms with E-state index in [2.05, 4.69) is 30.5 Å². The van der Waals surface area contributed by atoms with Gasteiger partial charge in [0.15, 0.2) is 11.3 Å². The summed E-state index contributed by atoms with van der Waals surface area (Å²) in [6.45, 7) is 6.61. The second-order valence-electron chi connectivity index (χ2n) is 11.3. The number of halogens is 1. The monoisotopic (exact) mass is 630 g/mol. The number of ether oxygens (including phenoxy) is 4. The summed E-state index contributed by atoms with van der Waals surface area (Å²) in [6, 6.07) is 12.3. The van der Waals surface area contributed by atoms with Crippen LogP contribution < -0.4 is 24.8 Å². The Morgan fingerprint density at radius 2 is 1.76 bits per heavy atom. The van der Waals surface area contributed by atoms with Crippen LogP contribution >= 0.6 is 0 Å². The molecule has 240 valence electrons. The summed E-state index contributed by atoms with van der Waals surface area (Å²) < 4.78 is 36.2. The number of fused-ring (bicyclic) bond motifs is 1. The van der Waals surface area contributed by atoms with Gasteiger partial charge in [0.05, 0.1) is 26.9 Å². The predicted molar refractivity (Wildman–Crippen MR) is 168 cm³/mol. The van der Waals surface area contributed by atoms with E-state index in [9.17, 15) is 14.0 Å². The zero-order chi connectivity index (χ0) is 32.1. The van der Waals surface area contributed by atoms with Crippen LogP contribution in [0, 0.1) is 18.2 Å². The van der Waals surface area contributed by atoms with Gasteiger partial charge in [-0.25, -0.2) is 14.4 Å². The van der Waals surface area contributed by atoms with E-state index in [1.807, 2.05) is 6.92 Å². The van der Waals surface area contributed by atoms with E-state index < -0.39 is 23.0 Å². The van der Waals surface area contributed by atoms with Gasteiger partial charge >= 0.3 is 0 Å². The van der Waals surface area contributed by atoms with Gasteiger partial charge in [0.2, 0.25) is 17.7 Å². The molecule has 2 aromatic heterocycles. The van der Waals surface area contributed by atoms with Crippen molar-refractivity contribution in [1.82, 2.24) is 19.9 Å². The Labute approximate surface area is 265 Å². The van der Waals surface area contributed by atoms with Gasteiger partial charge in [-0.05, 0) is 74.2 Å². The summed E-state index contributed by atoms with van der Waals surface area (Å²) in [7, 11) is 1.52. The third-order valence-corrected chi connectivity index (χ3v) is 8.06. The Balaban J connectivity index is 1.10. The zero-order valence-electron chi connectivity index (χ0n) is 25.7. The molecular formula is C33H35FN6O6. The molecule has 2 fully saturated rings. The van der Waals surface area contributed by atoms with E-state index in [0.717, 1.165) is 44.8 Å². The normalized spacial score (nSPS) is 15.6. The van der Waals surface area contributed by atoms with E-state index >= 15 is 0 Å². The number of aryl methyl sites for hydroxylation is 1. The van der Waals surface area contributed by atoms with E-state index in [4.69, 9.17) is 18.9 Å². The van der Waals surface area contributed by atoms with Crippen LogP contribution in [-0.4, -0.2) is 78.2 Å². The van der Waals surface area contributed by atoms with Crippen molar-refractivity contribution < 1.29 is 32.9 Å². The molecule has 13 heteroatoms. The van der Waals surface area contributed by atoms with Crippen LogP contribution in [-0.2, 0) is 14.3 Å². The average molecular weight is 631 g/mol. The molecule has 0 atom stereocenters. The van der Waals surface area contributed by atoms with Crippen LogP contribution in [0.2, 0.25) is 0 Å². The van der Waals surface area contributed by atoms with E-state index in [-0.39, 0.29) is 5.88 Å². The largest absolute Gasteiger partial charge is 0.488 e. The van der Waals surface area contributed by atoms with Gasteiger partial charge in [-0.3, -0.25) is 14.5 Å². The van der Waals surface area contributed by atoms with Crippen LogP contribution in [0.15, 0.2) is 54.9 Å². The Hall–Kier alpha value is -4.88. The number of rotatable bonds is 12. The lowest BCUT2D eigenvalue weighted by molar-refractivity contribution is -0.131. The molecule has 0 bridgehead atoms. The number of nitrogens with one attached hydrogen (secondary N) is 2. The molecular weight excluding hydrogens is 595 g/mol. The predicted octanol–water partition coefficient (Wildman–Crippen LogP) is 4.73. The molecule has 0 radical (unpaired) electrons. The number of morpholine rings is 1. The molecule has 12 nitrogen and oxygen atoms in total. The maximum atomic E-state index is 13.2. The lowest BCUT2D eigenvalue weighted by atomic mass is 10.0. The quantitative estimate of drug-likeness (QED) is 0.167. The Bertz CT molecular complexity index is 1730. The SMILES string of the molecule is COc1nc2c(Oc3ccc(NC(=O)C4(C(=O)Nc5ccc(F)cc5)CC4)c(C)c3)ncnc2cc1OCCCN1CCOCC1. The number of pyridine rings is 1. The molecule has 0 spiro atoms. The highest BCUT2D eigenvalue weighted by Gasteiger charge is 2.56. The van der Waals surface area contributed by atoms with Crippen LogP contribution in [0.5, 0.6) is 23.3 Å². The van der Waals surface area contributed by atoms with Gasteiger partial charge in [-0.1, -0.05) is 0 Å². The topological polar surface area (TPSA) is 137 Å². The number of carbonyl (C=O) groups is 2. The molecule has 6 rings (SSSR count). The van der Waals surface area contributed by atoms with Gasteiger partial charge in [0.25, 0.3) is 5.88 Å². The fourth-order valence-corrected chi connectivity index (χ4v) is 5.21. The molecule has 4 aromatic rings. The number of carbonyl (C=O) groups excluding carboxylic acids is 2. The molecule has 1 aliphatic carbocycles. The number of amides is 2. The summed E-state index contributed by atoms with van der Waals surface area (Å²) in [6.07, 6.45) is 3.08. The van der Waals surface area contributed by atoms with Crippen molar-refractivity contribution in [1.29, 1.82) is 0 Å². The maximum Gasteiger partial charge on any atom is 0.257 e. The number of nitrogens with zero attached hydrogens (tertiary/aromatic N) is 4. The minimum absolute atomic E-state index is 0.229. The smallest absolute Gasteiger partial charge is 0.257 e. The number of hydrogen-bond donors (Lipinski definition) is 2. The van der Waals surface area contributed by atoms with Gasteiger partial charge in [0.1, 0.15) is 28.8 Å². The van der Waals surface area contributed by atoms with Crippen molar-refractivity contribution in [2.45, 2.75) is 26.2 Å². The standard InChI is InChI=1S/C33H35FN6O6/c1-21-18-24(8-9-25(21)38-32(42)33(10-11-33)31(41)37-23-6-4-22(34)5-7-23)46-30-28-26(35-20-36-30)19-27(29(39-28)43-2)45-15-3-12-40-13-16-44-17-14-40/h4-9,18-20H,3,10-17H2,1-2H3,(H,37,41)(H,38,42). The second kappa shape index (κ2) is 13.6. The summed E-state index contributed by atoms with van der Waals surface area (Å²) in [5.74, 6) is 0.245. The van der Waals surface area contributed by atoms with Crippen LogP contribution in [0.25, 0.3) is 11.0 Å². The van der Waals surface area contributed by atoms with Gasteiger partial charge in [-0.15, -0.1) is 0 Å². The van der Waals surface area contributed by atoms with E-state index in [1.165, 1.54) is 37.7 Å². The summed E-state index contributed by atoms with van der Waals surface area (Å²) in [4.78, 5) is 41.7. The Kier molecular flexibility index (Phi) is 9.22. The van der Waals surface area contributed by atoms with Crippen LogP contribution in [0.1, 0.15) is 24.8 Å². The first kappa shape index (κ1) is 31.1. The first-order valence-corrected chi connectivity index (χ1v) is 15.1. The van der Waals surface area contributed by atoms with E-state index in [1.54, 1.807) is 24.3 Å². The highest BCUT2D eigenvalue weighted by atomic mass is 19.1. The third-order valence-electron chi connectivity index (χ3n) is 8.06. The van der Waals surface area contributed by atoms with Crippen molar-refractivity contribution in [2.75, 3.05) is 57.2 Å². The number of anilines is 2. The maximum absolute atomic E-state index is 13.2. The second-order valence-corrected chi connectivity index (χ2v) is 11.3.